The van der Waals surface area contributed by atoms with Gasteiger partial charge in [-0.25, -0.2) is 4.79 Å². The first-order chi connectivity index (χ1) is 8.97. The molecule has 0 bridgehead atoms. The van der Waals surface area contributed by atoms with E-state index in [0.717, 1.165) is 11.4 Å². The summed E-state index contributed by atoms with van der Waals surface area (Å²) in [4.78, 5) is 26.8. The summed E-state index contributed by atoms with van der Waals surface area (Å²) in [5.74, 6) is -1.21. The number of hydrogen-bond acceptors (Lipinski definition) is 3. The summed E-state index contributed by atoms with van der Waals surface area (Å²) in [7, 11) is 0. The van der Waals surface area contributed by atoms with E-state index in [9.17, 15) is 9.59 Å². The summed E-state index contributed by atoms with van der Waals surface area (Å²) in [6.07, 6.45) is 1.55. The Kier molecular flexibility index (Phi) is 3.46. The Morgan fingerprint density at radius 2 is 2.11 bits per heavy atom. The predicted molar refractivity (Wildman–Crippen MR) is 69.5 cm³/mol. The highest BCUT2D eigenvalue weighted by Gasteiger charge is 2.15. The average molecular weight is 258 g/mol. The summed E-state index contributed by atoms with van der Waals surface area (Å²) in [5, 5.41) is 9.14. The van der Waals surface area contributed by atoms with Crippen molar-refractivity contribution < 1.29 is 14.7 Å². The SMILES string of the molecule is CC(=O)c1cc(C(=O)O)n(Cc2cccc(C)n2)c1. The molecule has 1 N–H and O–H groups in total. The number of ketones is 1. The van der Waals surface area contributed by atoms with E-state index in [-0.39, 0.29) is 11.5 Å². The van der Waals surface area contributed by atoms with Crippen molar-refractivity contribution in [3.05, 3.63) is 53.1 Å². The van der Waals surface area contributed by atoms with Crippen LogP contribution in [0.4, 0.5) is 0 Å². The number of pyridine rings is 1. The van der Waals surface area contributed by atoms with Crippen LogP contribution in [-0.4, -0.2) is 26.4 Å². The standard InChI is InChI=1S/C14H14N2O3/c1-9-4-3-5-12(15-9)8-16-7-11(10(2)17)6-13(16)14(18)19/h3-7H,8H2,1-2H3,(H,18,19). The molecule has 0 amide bonds. The van der Waals surface area contributed by atoms with Crippen LogP contribution in [0.15, 0.2) is 30.5 Å². The van der Waals surface area contributed by atoms with Crippen molar-refractivity contribution in [3.63, 3.8) is 0 Å². The fourth-order valence-electron chi connectivity index (χ4n) is 1.87. The van der Waals surface area contributed by atoms with E-state index in [1.807, 2.05) is 25.1 Å². The van der Waals surface area contributed by atoms with Crippen LogP contribution in [0.25, 0.3) is 0 Å². The summed E-state index contributed by atoms with van der Waals surface area (Å²) in [6.45, 7) is 3.62. The first kappa shape index (κ1) is 13.0. The molecule has 2 heterocycles. The number of rotatable bonds is 4. The molecule has 2 rings (SSSR count). The molecule has 98 valence electrons. The molecule has 0 radical (unpaired) electrons. The van der Waals surface area contributed by atoms with E-state index in [1.54, 1.807) is 6.20 Å². The minimum absolute atomic E-state index is 0.0912. The fourth-order valence-corrected chi connectivity index (χ4v) is 1.87. The zero-order chi connectivity index (χ0) is 14.0. The zero-order valence-corrected chi connectivity index (χ0v) is 10.8. The second kappa shape index (κ2) is 5.06. The molecule has 0 saturated carbocycles. The highest BCUT2D eigenvalue weighted by Crippen LogP contribution is 2.12. The van der Waals surface area contributed by atoms with Gasteiger partial charge in [-0.3, -0.25) is 9.78 Å². The first-order valence-electron chi connectivity index (χ1n) is 5.84. The van der Waals surface area contributed by atoms with E-state index in [1.165, 1.54) is 17.6 Å². The van der Waals surface area contributed by atoms with Crippen LogP contribution in [-0.2, 0) is 6.54 Å². The van der Waals surface area contributed by atoms with Gasteiger partial charge in [-0.15, -0.1) is 0 Å². The fraction of sp³-hybridized carbons (Fsp3) is 0.214. The second-order valence-corrected chi connectivity index (χ2v) is 4.37. The number of carboxylic acids is 1. The summed E-state index contributed by atoms with van der Waals surface area (Å²) >= 11 is 0. The Hall–Kier alpha value is -2.43. The van der Waals surface area contributed by atoms with E-state index >= 15 is 0 Å². The van der Waals surface area contributed by atoms with E-state index in [0.29, 0.717) is 12.1 Å². The number of aryl methyl sites for hydroxylation is 1. The van der Waals surface area contributed by atoms with Crippen molar-refractivity contribution in [2.24, 2.45) is 0 Å². The lowest BCUT2D eigenvalue weighted by Gasteiger charge is -2.06. The van der Waals surface area contributed by atoms with Gasteiger partial charge < -0.3 is 9.67 Å². The van der Waals surface area contributed by atoms with Crippen LogP contribution in [0.3, 0.4) is 0 Å². The molecule has 0 aliphatic carbocycles. The number of Topliss-reactive ketones (excluding diaryl/α,β-unsaturated/α-hetero) is 1. The minimum atomic E-state index is -1.06. The molecule has 0 spiro atoms. The normalized spacial score (nSPS) is 10.4. The van der Waals surface area contributed by atoms with Crippen molar-refractivity contribution in [3.8, 4) is 0 Å². The lowest BCUT2D eigenvalue weighted by atomic mass is 10.2. The summed E-state index contributed by atoms with van der Waals surface area (Å²) in [6, 6.07) is 6.96. The number of aromatic carboxylic acids is 1. The molecule has 2 aromatic heterocycles. The summed E-state index contributed by atoms with van der Waals surface area (Å²) < 4.78 is 1.53. The second-order valence-electron chi connectivity index (χ2n) is 4.37. The number of hydrogen-bond donors (Lipinski definition) is 1. The Bertz CT molecular complexity index is 644. The molecule has 0 atom stereocenters. The minimum Gasteiger partial charge on any atom is -0.477 e. The van der Waals surface area contributed by atoms with Gasteiger partial charge in [0.1, 0.15) is 5.69 Å². The lowest BCUT2D eigenvalue weighted by molar-refractivity contribution is 0.0685. The lowest BCUT2D eigenvalue weighted by Crippen LogP contribution is -2.09. The molecular formula is C14H14N2O3. The molecule has 0 fully saturated rings. The molecule has 19 heavy (non-hydrogen) atoms. The van der Waals surface area contributed by atoms with Crippen molar-refractivity contribution in [1.82, 2.24) is 9.55 Å². The number of carbonyl (C=O) groups excluding carboxylic acids is 1. The van der Waals surface area contributed by atoms with Gasteiger partial charge in [-0.1, -0.05) is 6.07 Å². The van der Waals surface area contributed by atoms with Gasteiger partial charge in [-0.2, -0.15) is 0 Å². The molecule has 5 nitrogen and oxygen atoms in total. The maximum absolute atomic E-state index is 11.3. The van der Waals surface area contributed by atoms with Crippen LogP contribution in [0.1, 0.15) is 39.2 Å². The van der Waals surface area contributed by atoms with Gasteiger partial charge in [0.15, 0.2) is 5.78 Å². The molecule has 0 aliphatic heterocycles. The Morgan fingerprint density at radius 3 is 2.68 bits per heavy atom. The molecule has 0 aliphatic rings. The van der Waals surface area contributed by atoms with Crippen molar-refractivity contribution >= 4 is 11.8 Å². The maximum atomic E-state index is 11.3. The maximum Gasteiger partial charge on any atom is 0.352 e. The summed E-state index contributed by atoms with van der Waals surface area (Å²) in [5.41, 5.74) is 2.11. The zero-order valence-electron chi connectivity index (χ0n) is 10.8. The van der Waals surface area contributed by atoms with E-state index in [4.69, 9.17) is 5.11 Å². The highest BCUT2D eigenvalue weighted by molar-refractivity contribution is 5.97. The van der Waals surface area contributed by atoms with Gasteiger partial charge in [0.25, 0.3) is 0 Å². The van der Waals surface area contributed by atoms with E-state index < -0.39 is 5.97 Å². The van der Waals surface area contributed by atoms with Gasteiger partial charge in [0, 0.05) is 17.5 Å². The third-order valence-electron chi connectivity index (χ3n) is 2.80. The molecule has 2 aromatic rings. The van der Waals surface area contributed by atoms with Crippen LogP contribution in [0, 0.1) is 6.92 Å². The smallest absolute Gasteiger partial charge is 0.352 e. The van der Waals surface area contributed by atoms with Crippen LogP contribution in [0.2, 0.25) is 0 Å². The Morgan fingerprint density at radius 1 is 1.37 bits per heavy atom. The number of carbonyl (C=O) groups is 2. The number of nitrogens with zero attached hydrogens (tertiary/aromatic N) is 2. The molecule has 0 aromatic carbocycles. The molecule has 0 saturated heterocycles. The van der Waals surface area contributed by atoms with Crippen molar-refractivity contribution in [2.45, 2.75) is 20.4 Å². The molecule has 5 heteroatoms. The largest absolute Gasteiger partial charge is 0.477 e. The predicted octanol–water partition coefficient (Wildman–Crippen LogP) is 2.14. The Labute approximate surface area is 110 Å². The average Bonchev–Trinajstić information content (AvgIpc) is 2.73. The molecule has 0 unspecified atom stereocenters. The first-order valence-corrected chi connectivity index (χ1v) is 5.84. The van der Waals surface area contributed by atoms with Gasteiger partial charge in [0.05, 0.1) is 12.2 Å². The quantitative estimate of drug-likeness (QED) is 0.853. The number of aromatic nitrogens is 2. The van der Waals surface area contributed by atoms with Crippen molar-refractivity contribution in [2.75, 3.05) is 0 Å². The highest BCUT2D eigenvalue weighted by atomic mass is 16.4. The van der Waals surface area contributed by atoms with Gasteiger partial charge >= 0.3 is 5.97 Å². The topological polar surface area (TPSA) is 72.2 Å². The van der Waals surface area contributed by atoms with Gasteiger partial charge in [-0.05, 0) is 32.0 Å². The Balaban J connectivity index is 2.38. The van der Waals surface area contributed by atoms with Crippen LogP contribution >= 0.6 is 0 Å². The third kappa shape index (κ3) is 2.88. The van der Waals surface area contributed by atoms with Crippen LogP contribution < -0.4 is 0 Å². The van der Waals surface area contributed by atoms with Crippen molar-refractivity contribution in [1.29, 1.82) is 0 Å². The monoisotopic (exact) mass is 258 g/mol. The van der Waals surface area contributed by atoms with Crippen LogP contribution in [0.5, 0.6) is 0 Å². The van der Waals surface area contributed by atoms with E-state index in [2.05, 4.69) is 4.98 Å². The van der Waals surface area contributed by atoms with Gasteiger partial charge in [0.2, 0.25) is 0 Å². The number of carboxylic acid groups (broad SMARTS) is 1. The molecular weight excluding hydrogens is 244 g/mol. The third-order valence-corrected chi connectivity index (χ3v) is 2.80.